The predicted molar refractivity (Wildman–Crippen MR) is 51.0 cm³/mol. The van der Waals surface area contributed by atoms with Crippen molar-refractivity contribution in [3.63, 3.8) is 0 Å². The Morgan fingerprint density at radius 3 is 1.44 bits per heavy atom. The number of hydrogen-bond acceptors (Lipinski definition) is 4. The molecule has 0 aromatic carbocycles. The molecule has 6 nitrogen and oxygen atoms in total. The van der Waals surface area contributed by atoms with Gasteiger partial charge in [0.25, 0.3) is 0 Å². The molecule has 0 spiro atoms. The van der Waals surface area contributed by atoms with Gasteiger partial charge in [0.1, 0.15) is 0 Å². The Hall–Kier alpha value is -1.40. The number of rotatable bonds is 6. The molecule has 16 heavy (non-hydrogen) atoms. The molecule has 2 saturated heterocycles. The van der Waals surface area contributed by atoms with Gasteiger partial charge < -0.3 is 19.7 Å². The second-order valence-electron chi connectivity index (χ2n) is 3.89. The van der Waals surface area contributed by atoms with Gasteiger partial charge in [-0.15, -0.1) is 0 Å². The van der Waals surface area contributed by atoms with Crippen molar-refractivity contribution in [3.05, 3.63) is 11.1 Å². The van der Waals surface area contributed by atoms with Crippen LogP contribution in [0.3, 0.4) is 0 Å². The summed E-state index contributed by atoms with van der Waals surface area (Å²) in [6, 6.07) is 0. The molecule has 2 aliphatic heterocycles. The molecule has 2 fully saturated rings. The predicted octanol–water partition coefficient (Wildman–Crippen LogP) is 0.0300. The molecule has 2 atom stereocenters. The summed E-state index contributed by atoms with van der Waals surface area (Å²) >= 11 is 0. The van der Waals surface area contributed by atoms with Crippen LogP contribution in [0, 0.1) is 0 Å². The molecule has 88 valence electrons. The van der Waals surface area contributed by atoms with E-state index in [0.29, 0.717) is 13.2 Å². The minimum atomic E-state index is -1.19. The summed E-state index contributed by atoms with van der Waals surface area (Å²) in [5.41, 5.74) is -0.129. The lowest BCUT2D eigenvalue weighted by Gasteiger charge is -2.06. The number of epoxide rings is 2. The normalized spacial score (nSPS) is 28.2. The monoisotopic (exact) mass is 228 g/mol. The zero-order valence-corrected chi connectivity index (χ0v) is 8.51. The Labute approximate surface area is 91.5 Å². The third-order valence-electron chi connectivity index (χ3n) is 2.55. The van der Waals surface area contributed by atoms with Crippen LogP contribution >= 0.6 is 0 Å². The van der Waals surface area contributed by atoms with Crippen LogP contribution in [-0.2, 0) is 19.1 Å². The number of carbonyl (C=O) groups is 2. The smallest absolute Gasteiger partial charge is 0.332 e. The highest BCUT2D eigenvalue weighted by molar-refractivity contribution is 5.98. The molecule has 0 radical (unpaired) electrons. The molecule has 2 heterocycles. The Balaban J connectivity index is 2.17. The molecule has 0 amide bonds. The summed E-state index contributed by atoms with van der Waals surface area (Å²) in [6.07, 6.45) is 0.0362. The summed E-state index contributed by atoms with van der Waals surface area (Å²) in [5, 5.41) is 18.0. The van der Waals surface area contributed by atoms with Crippen LogP contribution in [0.1, 0.15) is 12.8 Å². The molecule has 0 bridgehead atoms. The molecule has 2 rings (SSSR count). The lowest BCUT2D eigenvalue weighted by Crippen LogP contribution is -2.14. The molecular formula is C10H12O6. The standard InChI is InChI=1S/C10H12O6/c11-9(12)7(1-5-3-15-5)8(10(13)14)2-6-4-16-6/h5-6H,1-4H2,(H,11,12)(H,13,14). The van der Waals surface area contributed by atoms with Crippen molar-refractivity contribution in [2.75, 3.05) is 13.2 Å². The van der Waals surface area contributed by atoms with E-state index in [4.69, 9.17) is 19.7 Å². The highest BCUT2D eigenvalue weighted by Gasteiger charge is 2.33. The maximum Gasteiger partial charge on any atom is 0.332 e. The molecule has 2 unspecified atom stereocenters. The number of carboxylic acid groups (broad SMARTS) is 2. The van der Waals surface area contributed by atoms with Crippen LogP contribution in [0.15, 0.2) is 11.1 Å². The van der Waals surface area contributed by atoms with Gasteiger partial charge in [-0.1, -0.05) is 0 Å². The molecular weight excluding hydrogens is 216 g/mol. The topological polar surface area (TPSA) is 99.7 Å². The van der Waals surface area contributed by atoms with Crippen LogP contribution in [-0.4, -0.2) is 47.6 Å². The highest BCUT2D eigenvalue weighted by Crippen LogP contribution is 2.27. The SMILES string of the molecule is O=C(O)C(CC1CO1)=C(CC1CO1)C(=O)O. The maximum atomic E-state index is 11.0. The van der Waals surface area contributed by atoms with Crippen LogP contribution in [0.2, 0.25) is 0 Å². The molecule has 0 aliphatic carbocycles. The summed E-state index contributed by atoms with van der Waals surface area (Å²) in [6.45, 7) is 1.01. The average molecular weight is 228 g/mol. The van der Waals surface area contributed by atoms with Gasteiger partial charge in [0.2, 0.25) is 0 Å². The van der Waals surface area contributed by atoms with Gasteiger partial charge in [0, 0.05) is 12.8 Å². The third-order valence-corrected chi connectivity index (χ3v) is 2.55. The fourth-order valence-corrected chi connectivity index (χ4v) is 1.51. The Morgan fingerprint density at radius 1 is 0.938 bits per heavy atom. The van der Waals surface area contributed by atoms with E-state index in [-0.39, 0.29) is 36.2 Å². The van der Waals surface area contributed by atoms with Gasteiger partial charge in [-0.25, -0.2) is 9.59 Å². The summed E-state index contributed by atoms with van der Waals surface area (Å²) in [4.78, 5) is 22.0. The van der Waals surface area contributed by atoms with Crippen molar-refractivity contribution in [2.45, 2.75) is 25.0 Å². The first kappa shape index (κ1) is 11.1. The average Bonchev–Trinajstić information content (AvgIpc) is 3.05. The van der Waals surface area contributed by atoms with Gasteiger partial charge in [-0.05, 0) is 0 Å². The molecule has 0 saturated carbocycles. The third kappa shape index (κ3) is 2.80. The van der Waals surface area contributed by atoms with Gasteiger partial charge in [-0.2, -0.15) is 0 Å². The minimum Gasteiger partial charge on any atom is -0.478 e. The fraction of sp³-hybridized carbons (Fsp3) is 0.600. The number of aliphatic carboxylic acids is 2. The van der Waals surface area contributed by atoms with Crippen molar-refractivity contribution in [1.29, 1.82) is 0 Å². The van der Waals surface area contributed by atoms with E-state index in [0.717, 1.165) is 0 Å². The Kier molecular flexibility index (Phi) is 2.93. The largest absolute Gasteiger partial charge is 0.478 e. The van der Waals surface area contributed by atoms with Crippen molar-refractivity contribution < 1.29 is 29.3 Å². The summed E-state index contributed by atoms with van der Waals surface area (Å²) in [7, 11) is 0. The first-order valence-corrected chi connectivity index (χ1v) is 4.99. The van der Waals surface area contributed by atoms with E-state index in [9.17, 15) is 9.59 Å². The maximum absolute atomic E-state index is 11.0. The molecule has 0 aromatic rings. The Morgan fingerprint density at radius 2 is 1.25 bits per heavy atom. The molecule has 0 aromatic heterocycles. The number of hydrogen-bond donors (Lipinski definition) is 2. The van der Waals surface area contributed by atoms with Crippen molar-refractivity contribution in [1.82, 2.24) is 0 Å². The lowest BCUT2D eigenvalue weighted by molar-refractivity contribution is -0.136. The van der Waals surface area contributed by atoms with Crippen molar-refractivity contribution >= 4 is 11.9 Å². The lowest BCUT2D eigenvalue weighted by atomic mass is 9.99. The van der Waals surface area contributed by atoms with E-state index in [2.05, 4.69) is 0 Å². The van der Waals surface area contributed by atoms with Crippen LogP contribution in [0.5, 0.6) is 0 Å². The van der Waals surface area contributed by atoms with Gasteiger partial charge >= 0.3 is 11.9 Å². The zero-order valence-electron chi connectivity index (χ0n) is 8.51. The van der Waals surface area contributed by atoms with Gasteiger partial charge in [-0.3, -0.25) is 0 Å². The van der Waals surface area contributed by atoms with E-state index >= 15 is 0 Å². The zero-order chi connectivity index (χ0) is 11.7. The fourth-order valence-electron chi connectivity index (χ4n) is 1.51. The number of ether oxygens (including phenoxy) is 2. The first-order chi connectivity index (χ1) is 7.58. The van der Waals surface area contributed by atoms with Crippen LogP contribution < -0.4 is 0 Å². The van der Waals surface area contributed by atoms with Crippen LogP contribution in [0.25, 0.3) is 0 Å². The van der Waals surface area contributed by atoms with Crippen molar-refractivity contribution in [2.24, 2.45) is 0 Å². The molecule has 2 aliphatic rings. The second kappa shape index (κ2) is 4.23. The molecule has 6 heteroatoms. The van der Waals surface area contributed by atoms with Gasteiger partial charge in [0.05, 0.1) is 36.6 Å². The van der Waals surface area contributed by atoms with Crippen molar-refractivity contribution in [3.8, 4) is 0 Å². The quantitative estimate of drug-likeness (QED) is 0.491. The second-order valence-corrected chi connectivity index (χ2v) is 3.89. The summed E-state index contributed by atoms with van der Waals surface area (Å²) < 4.78 is 9.84. The van der Waals surface area contributed by atoms with Gasteiger partial charge in [0.15, 0.2) is 0 Å². The first-order valence-electron chi connectivity index (χ1n) is 4.99. The number of carboxylic acids is 2. The van der Waals surface area contributed by atoms with E-state index in [1.165, 1.54) is 0 Å². The molecule has 2 N–H and O–H groups in total. The Bertz CT molecular complexity index is 316. The summed E-state index contributed by atoms with van der Waals surface area (Å²) in [5.74, 6) is -2.37. The highest BCUT2D eigenvalue weighted by atomic mass is 16.6. The van der Waals surface area contributed by atoms with E-state index in [1.807, 2.05) is 0 Å². The van der Waals surface area contributed by atoms with Crippen LogP contribution in [0.4, 0.5) is 0 Å². The minimum absolute atomic E-state index is 0.0644. The van der Waals surface area contributed by atoms with E-state index < -0.39 is 11.9 Å². The van der Waals surface area contributed by atoms with E-state index in [1.54, 1.807) is 0 Å².